The molecule has 0 radical (unpaired) electrons. The molecular formula is C16H17F3O3. The van der Waals surface area contributed by atoms with Gasteiger partial charge >= 0.3 is 12.1 Å². The average molecular weight is 314 g/mol. The number of benzene rings is 1. The van der Waals surface area contributed by atoms with Crippen LogP contribution in [0.5, 0.6) is 5.75 Å². The predicted octanol–water partition coefficient (Wildman–Crippen LogP) is 4.21. The number of ether oxygens (including phenoxy) is 1. The first-order valence-electron chi connectivity index (χ1n) is 7.14. The summed E-state index contributed by atoms with van der Waals surface area (Å²) in [6, 6.07) is 4.99. The fourth-order valence-corrected chi connectivity index (χ4v) is 2.47. The van der Waals surface area contributed by atoms with E-state index in [1.165, 1.54) is 0 Å². The molecule has 1 aromatic carbocycles. The molecule has 0 aliphatic carbocycles. The summed E-state index contributed by atoms with van der Waals surface area (Å²) in [7, 11) is 0. The van der Waals surface area contributed by atoms with E-state index >= 15 is 0 Å². The SMILES string of the molecule is CCCCCc1cccc2c1OC(C(F)(F)F)C(C(=O)O)=C2. The molecule has 0 amide bonds. The van der Waals surface area contributed by atoms with Crippen LogP contribution in [-0.2, 0) is 11.2 Å². The maximum Gasteiger partial charge on any atom is 0.430 e. The van der Waals surface area contributed by atoms with Crippen molar-refractivity contribution in [3.63, 3.8) is 0 Å². The van der Waals surface area contributed by atoms with E-state index in [0.717, 1.165) is 25.3 Å². The van der Waals surface area contributed by atoms with Gasteiger partial charge in [0.2, 0.25) is 6.10 Å². The second-order valence-electron chi connectivity index (χ2n) is 5.24. The molecule has 1 aliphatic rings. The lowest BCUT2D eigenvalue weighted by Crippen LogP contribution is -2.40. The molecule has 0 aromatic heterocycles. The molecule has 1 unspecified atom stereocenters. The van der Waals surface area contributed by atoms with Gasteiger partial charge in [-0.1, -0.05) is 38.0 Å². The number of hydrogen-bond acceptors (Lipinski definition) is 2. The zero-order chi connectivity index (χ0) is 16.3. The molecule has 0 bridgehead atoms. The van der Waals surface area contributed by atoms with Gasteiger partial charge in [-0.05, 0) is 24.5 Å². The van der Waals surface area contributed by atoms with Gasteiger partial charge in [0.25, 0.3) is 0 Å². The van der Waals surface area contributed by atoms with Crippen molar-refractivity contribution in [2.45, 2.75) is 44.9 Å². The zero-order valence-electron chi connectivity index (χ0n) is 12.1. The van der Waals surface area contributed by atoms with Gasteiger partial charge in [0.15, 0.2) is 0 Å². The van der Waals surface area contributed by atoms with Gasteiger partial charge in [-0.3, -0.25) is 0 Å². The largest absolute Gasteiger partial charge is 0.478 e. The van der Waals surface area contributed by atoms with Gasteiger partial charge in [0.05, 0.1) is 5.57 Å². The molecule has 1 heterocycles. The lowest BCUT2D eigenvalue weighted by Gasteiger charge is -2.28. The highest BCUT2D eigenvalue weighted by atomic mass is 19.4. The van der Waals surface area contributed by atoms with Crippen LogP contribution in [0.2, 0.25) is 0 Å². The number of fused-ring (bicyclic) bond motifs is 1. The molecule has 1 N–H and O–H groups in total. The highest BCUT2D eigenvalue weighted by Gasteiger charge is 2.48. The number of carbonyl (C=O) groups is 1. The summed E-state index contributed by atoms with van der Waals surface area (Å²) in [5.41, 5.74) is 0.276. The quantitative estimate of drug-likeness (QED) is 0.828. The molecule has 2 rings (SSSR count). The highest BCUT2D eigenvalue weighted by molar-refractivity contribution is 5.95. The Labute approximate surface area is 126 Å². The normalized spacial score (nSPS) is 17.5. The third-order valence-corrected chi connectivity index (χ3v) is 3.55. The van der Waals surface area contributed by atoms with E-state index in [2.05, 4.69) is 0 Å². The average Bonchev–Trinajstić information content (AvgIpc) is 2.45. The van der Waals surface area contributed by atoms with Gasteiger partial charge in [0.1, 0.15) is 5.75 Å². The number of hydrogen-bond donors (Lipinski definition) is 1. The molecule has 0 saturated carbocycles. The second-order valence-corrected chi connectivity index (χ2v) is 5.24. The van der Waals surface area contributed by atoms with E-state index in [4.69, 9.17) is 9.84 Å². The van der Waals surface area contributed by atoms with Gasteiger partial charge in [-0.2, -0.15) is 13.2 Å². The molecule has 3 nitrogen and oxygen atoms in total. The van der Waals surface area contributed by atoms with Crippen LogP contribution in [0.4, 0.5) is 13.2 Å². The van der Waals surface area contributed by atoms with E-state index in [-0.39, 0.29) is 5.75 Å². The number of aliphatic carboxylic acids is 1. The molecule has 120 valence electrons. The number of para-hydroxylation sites is 1. The summed E-state index contributed by atoms with van der Waals surface area (Å²) in [6.45, 7) is 2.04. The summed E-state index contributed by atoms with van der Waals surface area (Å²) in [5, 5.41) is 8.99. The van der Waals surface area contributed by atoms with Gasteiger partial charge in [-0.25, -0.2) is 4.79 Å². The number of halogens is 3. The van der Waals surface area contributed by atoms with Crippen molar-refractivity contribution in [2.24, 2.45) is 0 Å². The first-order valence-corrected chi connectivity index (χ1v) is 7.14. The first kappa shape index (κ1) is 16.4. The summed E-state index contributed by atoms with van der Waals surface area (Å²) in [6.07, 6.45) is -2.70. The number of carboxylic acids is 1. The predicted molar refractivity (Wildman–Crippen MR) is 75.8 cm³/mol. The molecule has 0 saturated heterocycles. The topological polar surface area (TPSA) is 46.5 Å². The molecular weight excluding hydrogens is 297 g/mol. The Hall–Kier alpha value is -1.98. The fraction of sp³-hybridized carbons (Fsp3) is 0.438. The van der Waals surface area contributed by atoms with E-state index in [0.29, 0.717) is 17.5 Å². The number of aryl methyl sites for hydroxylation is 1. The van der Waals surface area contributed by atoms with Crippen LogP contribution < -0.4 is 4.74 Å². The molecule has 1 aliphatic heterocycles. The van der Waals surface area contributed by atoms with Crippen LogP contribution in [0.15, 0.2) is 23.8 Å². The lowest BCUT2D eigenvalue weighted by molar-refractivity contribution is -0.187. The first-order chi connectivity index (χ1) is 10.3. The van der Waals surface area contributed by atoms with Crippen LogP contribution >= 0.6 is 0 Å². The molecule has 0 spiro atoms. The van der Waals surface area contributed by atoms with Gasteiger partial charge < -0.3 is 9.84 Å². The number of alkyl halides is 3. The Balaban J connectivity index is 2.40. The van der Waals surface area contributed by atoms with Gasteiger partial charge in [0, 0.05) is 5.56 Å². The lowest BCUT2D eigenvalue weighted by atomic mass is 9.97. The maximum atomic E-state index is 13.1. The summed E-state index contributed by atoms with van der Waals surface area (Å²) in [5.74, 6) is -1.48. The van der Waals surface area contributed by atoms with Crippen LogP contribution in [0.1, 0.15) is 37.3 Å². The third-order valence-electron chi connectivity index (χ3n) is 3.55. The van der Waals surface area contributed by atoms with E-state index in [1.54, 1.807) is 18.2 Å². The van der Waals surface area contributed by atoms with Crippen molar-refractivity contribution in [3.8, 4) is 5.75 Å². The Kier molecular flexibility index (Phi) is 4.78. The van der Waals surface area contributed by atoms with Crippen molar-refractivity contribution in [3.05, 3.63) is 34.9 Å². The monoisotopic (exact) mass is 314 g/mol. The van der Waals surface area contributed by atoms with E-state index in [1.807, 2.05) is 6.92 Å². The molecule has 22 heavy (non-hydrogen) atoms. The second kappa shape index (κ2) is 6.42. The molecule has 1 atom stereocenters. The number of carboxylic acid groups (broad SMARTS) is 1. The standard InChI is InChI=1S/C16H17F3O3/c1-2-3-4-6-10-7-5-8-11-9-12(15(20)21)14(16(17,18)19)22-13(10)11/h5,7-9,14H,2-4,6H2,1H3,(H,20,21). The van der Waals surface area contributed by atoms with E-state index < -0.39 is 23.8 Å². The molecule has 1 aromatic rings. The van der Waals surface area contributed by atoms with Crippen molar-refractivity contribution in [2.75, 3.05) is 0 Å². The van der Waals surface area contributed by atoms with Crippen LogP contribution in [-0.4, -0.2) is 23.4 Å². The van der Waals surface area contributed by atoms with Crippen molar-refractivity contribution < 1.29 is 27.8 Å². The molecule has 6 heteroatoms. The third kappa shape index (κ3) is 3.43. The fourth-order valence-electron chi connectivity index (χ4n) is 2.47. The molecule has 0 fully saturated rings. The summed E-state index contributed by atoms with van der Waals surface area (Å²) < 4.78 is 44.2. The maximum absolute atomic E-state index is 13.1. The smallest absolute Gasteiger partial charge is 0.430 e. The minimum absolute atomic E-state index is 0.144. The zero-order valence-corrected chi connectivity index (χ0v) is 12.1. The Bertz CT molecular complexity index is 591. The van der Waals surface area contributed by atoms with Crippen molar-refractivity contribution in [1.29, 1.82) is 0 Å². The van der Waals surface area contributed by atoms with E-state index in [9.17, 15) is 18.0 Å². The Morgan fingerprint density at radius 1 is 1.32 bits per heavy atom. The van der Waals surface area contributed by atoms with Crippen molar-refractivity contribution in [1.82, 2.24) is 0 Å². The minimum Gasteiger partial charge on any atom is -0.478 e. The van der Waals surface area contributed by atoms with Crippen molar-refractivity contribution >= 4 is 12.0 Å². The van der Waals surface area contributed by atoms with Crippen LogP contribution in [0.25, 0.3) is 6.08 Å². The number of rotatable bonds is 5. The van der Waals surface area contributed by atoms with Crippen LogP contribution in [0, 0.1) is 0 Å². The Morgan fingerprint density at radius 3 is 2.64 bits per heavy atom. The Morgan fingerprint density at radius 2 is 2.05 bits per heavy atom. The van der Waals surface area contributed by atoms with Crippen LogP contribution in [0.3, 0.4) is 0 Å². The minimum atomic E-state index is -4.77. The van der Waals surface area contributed by atoms with Gasteiger partial charge in [-0.15, -0.1) is 0 Å². The number of unbranched alkanes of at least 4 members (excludes halogenated alkanes) is 2. The summed E-state index contributed by atoms with van der Waals surface area (Å²) >= 11 is 0. The summed E-state index contributed by atoms with van der Waals surface area (Å²) in [4.78, 5) is 11.1. The highest BCUT2D eigenvalue weighted by Crippen LogP contribution is 2.39.